The molecule has 3 aromatic rings. The fourth-order valence-electron chi connectivity index (χ4n) is 1.75. The molecule has 0 aliphatic rings. The molecule has 1 aromatic carbocycles. The predicted molar refractivity (Wildman–Crippen MR) is 88.0 cm³/mol. The van der Waals surface area contributed by atoms with Gasteiger partial charge in [0.05, 0.1) is 5.69 Å². The summed E-state index contributed by atoms with van der Waals surface area (Å²) in [5.74, 6) is 0.736. The van der Waals surface area contributed by atoms with Crippen molar-refractivity contribution in [2.75, 3.05) is 11.1 Å². The second-order valence-electron chi connectivity index (χ2n) is 4.48. The lowest BCUT2D eigenvalue weighted by atomic mass is 10.2. The molecule has 0 aliphatic carbocycles. The molecule has 8 nitrogen and oxygen atoms in total. The van der Waals surface area contributed by atoms with Crippen LogP contribution < -0.4 is 5.32 Å². The Bertz CT molecular complexity index is 787. The van der Waals surface area contributed by atoms with Crippen molar-refractivity contribution in [1.29, 1.82) is 0 Å². The number of tetrazole rings is 1. The number of nitrogens with one attached hydrogen (secondary N) is 1. The maximum absolute atomic E-state index is 12.3. The quantitative estimate of drug-likeness (QED) is 0.539. The van der Waals surface area contributed by atoms with Gasteiger partial charge in [-0.2, -0.15) is 0 Å². The van der Waals surface area contributed by atoms with Crippen molar-refractivity contribution in [2.24, 2.45) is 0 Å². The highest BCUT2D eigenvalue weighted by molar-refractivity contribution is 8.01. The first-order valence-corrected chi connectivity index (χ1v) is 8.67. The van der Waals surface area contributed by atoms with E-state index in [0.717, 1.165) is 16.5 Å². The summed E-state index contributed by atoms with van der Waals surface area (Å²) in [6, 6.07) is 7.02. The first-order chi connectivity index (χ1) is 11.3. The normalized spacial score (nSPS) is 10.7. The molecule has 0 fully saturated rings. The smallest absolute Gasteiger partial charge is 0.257 e. The van der Waals surface area contributed by atoms with Crippen molar-refractivity contribution in [3.8, 4) is 5.69 Å². The number of benzene rings is 1. The average Bonchev–Trinajstić information content (AvgIpc) is 3.25. The van der Waals surface area contributed by atoms with Gasteiger partial charge in [0, 0.05) is 11.3 Å². The van der Waals surface area contributed by atoms with Crippen molar-refractivity contribution in [3.05, 3.63) is 36.2 Å². The number of thioether (sulfide) groups is 1. The minimum absolute atomic E-state index is 0.247. The molecule has 2 aromatic heterocycles. The molecule has 1 amide bonds. The van der Waals surface area contributed by atoms with E-state index in [-0.39, 0.29) is 5.91 Å². The van der Waals surface area contributed by atoms with Crippen LogP contribution in [0.25, 0.3) is 5.69 Å². The topological polar surface area (TPSA) is 98.5 Å². The van der Waals surface area contributed by atoms with Gasteiger partial charge < -0.3 is 0 Å². The van der Waals surface area contributed by atoms with E-state index >= 15 is 0 Å². The second-order valence-corrected chi connectivity index (χ2v) is 6.80. The Hall–Kier alpha value is -2.33. The molecule has 0 bridgehead atoms. The van der Waals surface area contributed by atoms with Gasteiger partial charge in [0.2, 0.25) is 5.13 Å². The third kappa shape index (κ3) is 3.90. The Morgan fingerprint density at radius 1 is 1.39 bits per heavy atom. The molecule has 3 rings (SSSR count). The van der Waals surface area contributed by atoms with Gasteiger partial charge >= 0.3 is 0 Å². The van der Waals surface area contributed by atoms with Crippen LogP contribution in [-0.2, 0) is 0 Å². The zero-order valence-corrected chi connectivity index (χ0v) is 13.8. The molecule has 0 spiro atoms. The number of carbonyl (C=O) groups is 1. The Morgan fingerprint density at radius 3 is 3.09 bits per heavy atom. The maximum atomic E-state index is 12.3. The third-order valence-electron chi connectivity index (χ3n) is 2.78. The molecule has 10 heteroatoms. The summed E-state index contributed by atoms with van der Waals surface area (Å²) in [6.45, 7) is 2.11. The van der Waals surface area contributed by atoms with Crippen molar-refractivity contribution in [3.63, 3.8) is 0 Å². The minimum atomic E-state index is -0.247. The van der Waals surface area contributed by atoms with Gasteiger partial charge in [0.1, 0.15) is 6.33 Å². The summed E-state index contributed by atoms with van der Waals surface area (Å²) >= 11 is 3.00. The Labute approximate surface area is 140 Å². The first-order valence-electron chi connectivity index (χ1n) is 6.87. The molecule has 23 heavy (non-hydrogen) atoms. The van der Waals surface area contributed by atoms with Crippen molar-refractivity contribution >= 4 is 34.1 Å². The number of carbonyl (C=O) groups excluding carboxylic acids is 1. The second kappa shape index (κ2) is 7.29. The highest BCUT2D eigenvalue weighted by atomic mass is 32.2. The number of nitrogens with zero attached hydrogens (tertiary/aromatic N) is 6. The molecule has 2 heterocycles. The molecule has 0 atom stereocenters. The lowest BCUT2D eigenvalue weighted by molar-refractivity contribution is 0.102. The summed E-state index contributed by atoms with van der Waals surface area (Å²) < 4.78 is 2.34. The van der Waals surface area contributed by atoms with Crippen molar-refractivity contribution in [2.45, 2.75) is 17.7 Å². The number of amides is 1. The fraction of sp³-hybridized carbons (Fsp3) is 0.231. The molecule has 0 aliphatic heterocycles. The van der Waals surface area contributed by atoms with Gasteiger partial charge in [0.25, 0.3) is 5.91 Å². The third-order valence-corrected chi connectivity index (χ3v) is 4.96. The molecule has 0 radical (unpaired) electrons. The standard InChI is InChI=1S/C13H13N7OS2/c1-2-6-22-13-17-16-12(23-13)15-11(21)9-4-3-5-10(7-9)20-8-14-18-19-20/h3-5,7-8H,2,6H2,1H3,(H,15,16,21). The van der Waals surface area contributed by atoms with Crippen LogP contribution in [0.5, 0.6) is 0 Å². The van der Waals surface area contributed by atoms with Gasteiger partial charge in [-0.05, 0) is 35.0 Å². The summed E-state index contributed by atoms with van der Waals surface area (Å²) in [5.41, 5.74) is 1.20. The summed E-state index contributed by atoms with van der Waals surface area (Å²) in [4.78, 5) is 12.3. The first kappa shape index (κ1) is 15.6. The lowest BCUT2D eigenvalue weighted by Gasteiger charge is -2.04. The highest BCUT2D eigenvalue weighted by Crippen LogP contribution is 2.26. The van der Waals surface area contributed by atoms with E-state index in [9.17, 15) is 4.79 Å². The van der Waals surface area contributed by atoms with E-state index in [1.54, 1.807) is 30.0 Å². The van der Waals surface area contributed by atoms with Crippen molar-refractivity contribution in [1.82, 2.24) is 30.4 Å². The van der Waals surface area contributed by atoms with Crippen LogP contribution in [0.2, 0.25) is 0 Å². The highest BCUT2D eigenvalue weighted by Gasteiger charge is 2.11. The lowest BCUT2D eigenvalue weighted by Crippen LogP contribution is -2.12. The molecular formula is C13H13N7OS2. The van der Waals surface area contributed by atoms with E-state index < -0.39 is 0 Å². The molecule has 0 saturated heterocycles. The Morgan fingerprint density at radius 2 is 2.30 bits per heavy atom. The number of anilines is 1. The van der Waals surface area contributed by atoms with Gasteiger partial charge in [-0.1, -0.05) is 36.1 Å². The van der Waals surface area contributed by atoms with Crippen molar-refractivity contribution < 1.29 is 4.79 Å². The zero-order valence-electron chi connectivity index (χ0n) is 12.2. The van der Waals surface area contributed by atoms with Crippen LogP contribution in [-0.4, -0.2) is 42.1 Å². The monoisotopic (exact) mass is 347 g/mol. The molecule has 1 N–H and O–H groups in total. The van der Waals surface area contributed by atoms with Crippen LogP contribution in [0.15, 0.2) is 34.9 Å². The largest absolute Gasteiger partial charge is 0.296 e. The fourth-order valence-corrected chi connectivity index (χ4v) is 3.42. The minimum Gasteiger partial charge on any atom is -0.296 e. The van der Waals surface area contributed by atoms with Gasteiger partial charge in [-0.25, -0.2) is 4.68 Å². The number of aromatic nitrogens is 6. The van der Waals surface area contributed by atoms with Crippen LogP contribution in [0.1, 0.15) is 23.7 Å². The molecular weight excluding hydrogens is 334 g/mol. The van der Waals surface area contributed by atoms with Crippen LogP contribution in [0.3, 0.4) is 0 Å². The van der Waals surface area contributed by atoms with Crippen LogP contribution in [0, 0.1) is 0 Å². The predicted octanol–water partition coefficient (Wildman–Crippen LogP) is 2.27. The van der Waals surface area contributed by atoms with E-state index in [4.69, 9.17) is 0 Å². The average molecular weight is 347 g/mol. The number of rotatable bonds is 6. The Kier molecular flexibility index (Phi) is 4.93. The zero-order chi connectivity index (χ0) is 16.1. The maximum Gasteiger partial charge on any atom is 0.257 e. The Balaban J connectivity index is 1.71. The molecule has 118 valence electrons. The number of hydrogen-bond acceptors (Lipinski definition) is 8. The number of hydrogen-bond donors (Lipinski definition) is 1. The van der Waals surface area contributed by atoms with E-state index in [1.807, 2.05) is 6.07 Å². The van der Waals surface area contributed by atoms with E-state index in [0.29, 0.717) is 16.4 Å². The molecule has 0 unspecified atom stereocenters. The van der Waals surface area contributed by atoms with E-state index in [2.05, 4.69) is 38.0 Å². The molecule has 0 saturated carbocycles. The van der Waals surface area contributed by atoms with Gasteiger partial charge in [-0.15, -0.1) is 15.3 Å². The van der Waals surface area contributed by atoms with Crippen LogP contribution in [0.4, 0.5) is 5.13 Å². The SMILES string of the molecule is CCCSc1nnc(NC(=O)c2cccc(-n3cnnn3)c2)s1. The van der Waals surface area contributed by atoms with E-state index in [1.165, 1.54) is 22.3 Å². The summed E-state index contributed by atoms with van der Waals surface area (Å²) in [6.07, 6.45) is 2.54. The van der Waals surface area contributed by atoms with Gasteiger partial charge in [0.15, 0.2) is 4.34 Å². The summed E-state index contributed by atoms with van der Waals surface area (Å²) in [7, 11) is 0. The van der Waals surface area contributed by atoms with Crippen LogP contribution >= 0.6 is 23.1 Å². The summed E-state index contributed by atoms with van der Waals surface area (Å²) in [5, 5.41) is 22.2. The van der Waals surface area contributed by atoms with Gasteiger partial charge in [-0.3, -0.25) is 10.1 Å².